The second-order valence-corrected chi connectivity index (χ2v) is 8.45. The third kappa shape index (κ3) is 5.73. The summed E-state index contributed by atoms with van der Waals surface area (Å²) in [5.74, 6) is 1.55. The number of anilines is 1. The molecule has 0 aliphatic carbocycles. The maximum Gasteiger partial charge on any atom is 0.234 e. The van der Waals surface area contributed by atoms with Gasteiger partial charge < -0.3 is 10.1 Å². The largest absolute Gasteiger partial charge is 0.486 e. The van der Waals surface area contributed by atoms with Gasteiger partial charge in [-0.25, -0.2) is 0 Å². The van der Waals surface area contributed by atoms with E-state index in [9.17, 15) is 4.79 Å². The fourth-order valence-electron chi connectivity index (χ4n) is 2.70. The Labute approximate surface area is 188 Å². The maximum atomic E-state index is 12.5. The number of nitrogens with zero attached hydrogens (tertiary/aromatic N) is 3. The van der Waals surface area contributed by atoms with Crippen LogP contribution in [0.5, 0.6) is 5.75 Å². The van der Waals surface area contributed by atoms with Crippen molar-refractivity contribution in [2.45, 2.75) is 32.2 Å². The maximum absolute atomic E-state index is 12.5. The highest BCUT2D eigenvalue weighted by Gasteiger charge is 2.15. The van der Waals surface area contributed by atoms with E-state index in [-0.39, 0.29) is 18.3 Å². The van der Waals surface area contributed by atoms with Crippen LogP contribution in [0.15, 0.2) is 64.7 Å². The number of aryl methyl sites for hydroxylation is 2. The van der Waals surface area contributed by atoms with Gasteiger partial charge in [-0.1, -0.05) is 36.0 Å². The number of aromatic nitrogens is 3. The number of para-hydroxylation sites is 1. The number of ether oxygens (including phenoxy) is 1. The third-order valence-corrected chi connectivity index (χ3v) is 6.03. The van der Waals surface area contributed by atoms with Crippen LogP contribution in [0.4, 0.5) is 5.69 Å². The van der Waals surface area contributed by atoms with Gasteiger partial charge in [0.15, 0.2) is 11.0 Å². The molecule has 6 nitrogen and oxygen atoms in total. The van der Waals surface area contributed by atoms with Crippen molar-refractivity contribution in [2.75, 3.05) is 11.1 Å². The quantitative estimate of drug-likeness (QED) is 0.334. The Morgan fingerprint density at radius 2 is 1.97 bits per heavy atom. The molecule has 0 saturated carbocycles. The number of hydrogen-bond donors (Lipinski definition) is 1. The van der Waals surface area contributed by atoms with Crippen molar-refractivity contribution in [1.82, 2.24) is 14.8 Å². The fourth-order valence-corrected chi connectivity index (χ4v) is 4.03. The summed E-state index contributed by atoms with van der Waals surface area (Å²) in [5.41, 5.74) is 3.04. The summed E-state index contributed by atoms with van der Waals surface area (Å²) >= 11 is 4.83. The number of carbonyl (C=O) groups excluding carboxylic acids is 1. The first kappa shape index (κ1) is 22.1. The Morgan fingerprint density at radius 3 is 2.70 bits per heavy atom. The highest BCUT2D eigenvalue weighted by atomic mass is 79.9. The van der Waals surface area contributed by atoms with Crippen molar-refractivity contribution < 1.29 is 9.53 Å². The minimum absolute atomic E-state index is 0.112. The van der Waals surface area contributed by atoms with Gasteiger partial charge in [-0.05, 0) is 65.2 Å². The summed E-state index contributed by atoms with van der Waals surface area (Å²) < 4.78 is 8.54. The number of carbonyl (C=O) groups is 1. The van der Waals surface area contributed by atoms with E-state index in [2.05, 4.69) is 38.0 Å². The van der Waals surface area contributed by atoms with Crippen molar-refractivity contribution in [2.24, 2.45) is 0 Å². The van der Waals surface area contributed by atoms with Gasteiger partial charge in [-0.3, -0.25) is 9.36 Å². The lowest BCUT2D eigenvalue weighted by Gasteiger charge is -2.11. The van der Waals surface area contributed by atoms with Crippen molar-refractivity contribution in [3.63, 3.8) is 0 Å². The molecule has 3 rings (SSSR count). The van der Waals surface area contributed by atoms with Gasteiger partial charge in [-0.2, -0.15) is 0 Å². The van der Waals surface area contributed by atoms with E-state index < -0.39 is 0 Å². The summed E-state index contributed by atoms with van der Waals surface area (Å²) in [7, 11) is 0. The average Bonchev–Trinajstić information content (AvgIpc) is 3.11. The first-order valence-electron chi connectivity index (χ1n) is 9.38. The van der Waals surface area contributed by atoms with Crippen molar-refractivity contribution in [3.8, 4) is 5.75 Å². The summed E-state index contributed by atoms with van der Waals surface area (Å²) in [6.07, 6.45) is 1.77. The molecule has 0 saturated heterocycles. The van der Waals surface area contributed by atoms with Gasteiger partial charge in [0.1, 0.15) is 12.4 Å². The van der Waals surface area contributed by atoms with Gasteiger partial charge in [0.25, 0.3) is 0 Å². The van der Waals surface area contributed by atoms with Crippen LogP contribution in [-0.2, 0) is 17.9 Å². The van der Waals surface area contributed by atoms with E-state index >= 15 is 0 Å². The van der Waals surface area contributed by atoms with E-state index in [1.54, 1.807) is 6.08 Å². The van der Waals surface area contributed by atoms with E-state index in [1.807, 2.05) is 60.9 Å². The molecule has 1 aromatic heterocycles. The molecule has 2 aromatic carbocycles. The van der Waals surface area contributed by atoms with Crippen LogP contribution in [0.3, 0.4) is 0 Å². The zero-order valence-electron chi connectivity index (χ0n) is 16.9. The molecule has 0 aliphatic rings. The molecule has 0 spiro atoms. The van der Waals surface area contributed by atoms with Crippen LogP contribution in [0.1, 0.15) is 17.0 Å². The smallest absolute Gasteiger partial charge is 0.234 e. The molecule has 3 aromatic rings. The second kappa shape index (κ2) is 10.4. The summed E-state index contributed by atoms with van der Waals surface area (Å²) in [6.45, 7) is 8.67. The molecule has 8 heteroatoms. The van der Waals surface area contributed by atoms with Crippen LogP contribution in [0, 0.1) is 13.8 Å². The standard InChI is InChI=1S/C22H23BrN4O2S/c1-4-10-27-20(13-29-17-8-6-5-7-9-17)25-26-22(27)30-14-21(28)24-19-12-16(3)15(2)11-18(19)23/h4-9,11-12H,1,10,13-14H2,2-3H3,(H,24,28). The zero-order chi connectivity index (χ0) is 21.5. The predicted octanol–water partition coefficient (Wildman–Crippen LogP) is 5.15. The lowest BCUT2D eigenvalue weighted by Crippen LogP contribution is -2.15. The van der Waals surface area contributed by atoms with E-state index in [1.165, 1.54) is 11.8 Å². The minimum Gasteiger partial charge on any atom is -0.486 e. The first-order chi connectivity index (χ1) is 14.5. The summed E-state index contributed by atoms with van der Waals surface area (Å²) in [5, 5.41) is 12.0. The zero-order valence-corrected chi connectivity index (χ0v) is 19.3. The SMILES string of the molecule is C=CCn1c(COc2ccccc2)nnc1SCC(=O)Nc1cc(C)c(C)cc1Br. The Morgan fingerprint density at radius 1 is 1.23 bits per heavy atom. The first-order valence-corrected chi connectivity index (χ1v) is 11.2. The van der Waals surface area contributed by atoms with Crippen LogP contribution in [0.2, 0.25) is 0 Å². The molecule has 1 amide bonds. The number of thioether (sulfide) groups is 1. The molecule has 1 heterocycles. The minimum atomic E-state index is -0.112. The second-order valence-electron chi connectivity index (χ2n) is 6.65. The Kier molecular flexibility index (Phi) is 7.70. The van der Waals surface area contributed by atoms with Crippen LogP contribution >= 0.6 is 27.7 Å². The molecular formula is C22H23BrN4O2S. The van der Waals surface area contributed by atoms with Gasteiger partial charge in [-0.15, -0.1) is 16.8 Å². The predicted molar refractivity (Wildman–Crippen MR) is 124 cm³/mol. The average molecular weight is 487 g/mol. The molecule has 1 N–H and O–H groups in total. The lowest BCUT2D eigenvalue weighted by atomic mass is 10.1. The van der Waals surface area contributed by atoms with Gasteiger partial charge >= 0.3 is 0 Å². The van der Waals surface area contributed by atoms with Gasteiger partial charge in [0, 0.05) is 11.0 Å². The van der Waals surface area contributed by atoms with Crippen molar-refractivity contribution in [3.05, 3.63) is 76.5 Å². The molecule has 30 heavy (non-hydrogen) atoms. The molecule has 156 valence electrons. The van der Waals surface area contributed by atoms with Crippen LogP contribution < -0.4 is 10.1 Å². The molecule has 0 atom stereocenters. The number of benzene rings is 2. The van der Waals surface area contributed by atoms with Crippen LogP contribution in [0.25, 0.3) is 0 Å². The van der Waals surface area contributed by atoms with E-state index in [0.717, 1.165) is 27.0 Å². The normalized spacial score (nSPS) is 10.6. The highest BCUT2D eigenvalue weighted by molar-refractivity contribution is 9.10. The number of rotatable bonds is 9. The van der Waals surface area contributed by atoms with Crippen LogP contribution in [-0.4, -0.2) is 26.4 Å². The van der Waals surface area contributed by atoms with Crippen molar-refractivity contribution >= 4 is 39.3 Å². The van der Waals surface area contributed by atoms with Gasteiger partial charge in [0.2, 0.25) is 5.91 Å². The molecule has 0 bridgehead atoms. The fraction of sp³-hybridized carbons (Fsp3) is 0.227. The number of halogens is 1. The van der Waals surface area contributed by atoms with E-state index in [0.29, 0.717) is 17.5 Å². The number of nitrogens with one attached hydrogen (secondary N) is 1. The number of allylic oxidation sites excluding steroid dienone is 1. The molecular weight excluding hydrogens is 464 g/mol. The third-order valence-electron chi connectivity index (χ3n) is 4.41. The van der Waals surface area contributed by atoms with Gasteiger partial charge in [0.05, 0.1) is 11.4 Å². The lowest BCUT2D eigenvalue weighted by molar-refractivity contribution is -0.113. The summed E-state index contributed by atoms with van der Waals surface area (Å²) in [4.78, 5) is 12.5. The molecule has 0 unspecified atom stereocenters. The van der Waals surface area contributed by atoms with Crippen molar-refractivity contribution in [1.29, 1.82) is 0 Å². The monoisotopic (exact) mass is 486 g/mol. The summed E-state index contributed by atoms with van der Waals surface area (Å²) in [6, 6.07) is 13.5. The molecule has 0 radical (unpaired) electrons. The molecule has 0 aliphatic heterocycles. The van der Waals surface area contributed by atoms with E-state index in [4.69, 9.17) is 4.74 Å². The number of amides is 1. The molecule has 0 fully saturated rings. The highest BCUT2D eigenvalue weighted by Crippen LogP contribution is 2.27. The Bertz CT molecular complexity index is 1040. The topological polar surface area (TPSA) is 69.0 Å². The Balaban J connectivity index is 1.63. The Hall–Kier alpha value is -2.58. The number of hydrogen-bond acceptors (Lipinski definition) is 5.